The van der Waals surface area contributed by atoms with Gasteiger partial charge in [-0.15, -0.1) is 0 Å². The molecule has 128 valence electrons. The lowest BCUT2D eigenvalue weighted by Gasteiger charge is -2.41. The summed E-state index contributed by atoms with van der Waals surface area (Å²) >= 11 is 0. The van der Waals surface area contributed by atoms with Crippen LogP contribution in [-0.2, 0) is 22.6 Å². The standard InChI is InChI=1S/C20H26N2O2/c1-14-11-17(14)18(23)22-9-7-20(8-10-22)12-15-5-3-4-6-16(15)13-21(2)19(20)24/h3-6,14,17H,7-13H2,1-2H3/t14-,17-/m1/s1. The van der Waals surface area contributed by atoms with Crippen LogP contribution < -0.4 is 0 Å². The average molecular weight is 326 g/mol. The van der Waals surface area contributed by atoms with Gasteiger partial charge in [0, 0.05) is 32.6 Å². The van der Waals surface area contributed by atoms with Crippen molar-refractivity contribution in [2.24, 2.45) is 17.3 Å². The lowest BCUT2D eigenvalue weighted by atomic mass is 9.73. The summed E-state index contributed by atoms with van der Waals surface area (Å²) < 4.78 is 0. The third-order valence-electron chi connectivity index (χ3n) is 6.31. The van der Waals surface area contributed by atoms with Crippen molar-refractivity contribution >= 4 is 11.8 Å². The Balaban J connectivity index is 1.54. The Morgan fingerprint density at radius 2 is 1.79 bits per heavy atom. The maximum Gasteiger partial charge on any atom is 0.229 e. The van der Waals surface area contributed by atoms with Crippen molar-refractivity contribution in [1.82, 2.24) is 9.80 Å². The van der Waals surface area contributed by atoms with Crippen molar-refractivity contribution in [3.8, 4) is 0 Å². The number of fused-ring (bicyclic) bond motifs is 1. The minimum Gasteiger partial charge on any atom is -0.342 e. The molecule has 1 saturated heterocycles. The van der Waals surface area contributed by atoms with Crippen molar-refractivity contribution in [2.45, 2.75) is 39.2 Å². The molecule has 1 aliphatic carbocycles. The minimum atomic E-state index is -0.326. The van der Waals surface area contributed by atoms with Crippen molar-refractivity contribution < 1.29 is 9.59 Å². The molecule has 1 spiro atoms. The van der Waals surface area contributed by atoms with Crippen LogP contribution in [0.4, 0.5) is 0 Å². The van der Waals surface area contributed by atoms with E-state index >= 15 is 0 Å². The van der Waals surface area contributed by atoms with Crippen LogP contribution in [0.15, 0.2) is 24.3 Å². The van der Waals surface area contributed by atoms with Crippen LogP contribution in [0.25, 0.3) is 0 Å². The van der Waals surface area contributed by atoms with Crippen LogP contribution in [0.1, 0.15) is 37.3 Å². The summed E-state index contributed by atoms with van der Waals surface area (Å²) in [5, 5.41) is 0. The van der Waals surface area contributed by atoms with Gasteiger partial charge in [-0.2, -0.15) is 0 Å². The Labute approximate surface area is 143 Å². The van der Waals surface area contributed by atoms with Crippen LogP contribution in [0.3, 0.4) is 0 Å². The zero-order valence-electron chi connectivity index (χ0n) is 14.6. The molecule has 1 saturated carbocycles. The van der Waals surface area contributed by atoms with E-state index in [4.69, 9.17) is 0 Å². The largest absolute Gasteiger partial charge is 0.342 e. The lowest BCUT2D eigenvalue weighted by Crippen LogP contribution is -2.50. The number of hydrogen-bond acceptors (Lipinski definition) is 2. The number of carbonyl (C=O) groups excluding carboxylic acids is 2. The summed E-state index contributed by atoms with van der Waals surface area (Å²) in [6, 6.07) is 8.40. The number of carbonyl (C=O) groups is 2. The minimum absolute atomic E-state index is 0.243. The van der Waals surface area contributed by atoms with Gasteiger partial charge in [0.1, 0.15) is 0 Å². The van der Waals surface area contributed by atoms with E-state index in [0.29, 0.717) is 18.4 Å². The number of benzene rings is 1. The van der Waals surface area contributed by atoms with Crippen molar-refractivity contribution in [3.05, 3.63) is 35.4 Å². The number of likely N-dealkylation sites (tertiary alicyclic amines) is 1. The Morgan fingerprint density at radius 1 is 1.17 bits per heavy atom. The van der Waals surface area contributed by atoms with Gasteiger partial charge in [-0.25, -0.2) is 0 Å². The summed E-state index contributed by atoms with van der Waals surface area (Å²) in [5.41, 5.74) is 2.23. The van der Waals surface area contributed by atoms with Gasteiger partial charge in [-0.05, 0) is 42.7 Å². The normalized spacial score (nSPS) is 28.5. The summed E-state index contributed by atoms with van der Waals surface area (Å²) in [5.74, 6) is 1.36. The molecule has 1 aromatic rings. The van der Waals surface area contributed by atoms with E-state index in [9.17, 15) is 9.59 Å². The molecule has 2 fully saturated rings. The summed E-state index contributed by atoms with van der Waals surface area (Å²) in [6.45, 7) is 4.29. The first-order valence-electron chi connectivity index (χ1n) is 9.11. The second-order valence-electron chi connectivity index (χ2n) is 8.03. The molecule has 0 bridgehead atoms. The molecule has 4 nitrogen and oxygen atoms in total. The van der Waals surface area contributed by atoms with E-state index in [2.05, 4.69) is 25.1 Å². The molecule has 2 heterocycles. The van der Waals surface area contributed by atoms with Crippen LogP contribution in [0, 0.1) is 17.3 Å². The maximum atomic E-state index is 13.1. The summed E-state index contributed by atoms with van der Waals surface area (Å²) in [7, 11) is 1.91. The zero-order valence-corrected chi connectivity index (χ0v) is 14.6. The lowest BCUT2D eigenvalue weighted by molar-refractivity contribution is -0.147. The molecule has 3 aliphatic rings. The van der Waals surface area contributed by atoms with Crippen LogP contribution >= 0.6 is 0 Å². The molecule has 4 rings (SSSR count). The van der Waals surface area contributed by atoms with E-state index in [1.54, 1.807) is 0 Å². The first-order valence-corrected chi connectivity index (χ1v) is 9.11. The second-order valence-corrected chi connectivity index (χ2v) is 8.03. The fraction of sp³-hybridized carbons (Fsp3) is 0.600. The first-order chi connectivity index (χ1) is 11.5. The number of nitrogens with zero attached hydrogens (tertiary/aromatic N) is 2. The van der Waals surface area contributed by atoms with Crippen molar-refractivity contribution in [2.75, 3.05) is 20.1 Å². The third-order valence-corrected chi connectivity index (χ3v) is 6.31. The predicted octanol–water partition coefficient (Wildman–Crippen LogP) is 2.47. The van der Waals surface area contributed by atoms with Crippen molar-refractivity contribution in [3.63, 3.8) is 0 Å². The van der Waals surface area contributed by atoms with Gasteiger partial charge < -0.3 is 9.80 Å². The Morgan fingerprint density at radius 3 is 2.42 bits per heavy atom. The fourth-order valence-corrected chi connectivity index (χ4v) is 4.50. The van der Waals surface area contributed by atoms with Crippen molar-refractivity contribution in [1.29, 1.82) is 0 Å². The van der Waals surface area contributed by atoms with Crippen LogP contribution in [0.2, 0.25) is 0 Å². The van der Waals surface area contributed by atoms with Crippen LogP contribution in [-0.4, -0.2) is 41.8 Å². The first kappa shape index (κ1) is 15.7. The van der Waals surface area contributed by atoms with E-state index in [1.807, 2.05) is 22.9 Å². The molecule has 0 aromatic heterocycles. The maximum absolute atomic E-state index is 13.1. The predicted molar refractivity (Wildman–Crippen MR) is 92.1 cm³/mol. The van der Waals surface area contributed by atoms with Gasteiger partial charge in [-0.3, -0.25) is 9.59 Å². The molecule has 24 heavy (non-hydrogen) atoms. The highest BCUT2D eigenvalue weighted by Crippen LogP contribution is 2.43. The number of rotatable bonds is 1. The fourth-order valence-electron chi connectivity index (χ4n) is 4.50. The molecule has 2 amide bonds. The van der Waals surface area contributed by atoms with Gasteiger partial charge in [0.05, 0.1) is 5.41 Å². The molecular weight excluding hydrogens is 300 g/mol. The quantitative estimate of drug-likeness (QED) is 0.795. The Hall–Kier alpha value is -1.84. The highest BCUT2D eigenvalue weighted by atomic mass is 16.2. The van der Waals surface area contributed by atoms with Gasteiger partial charge in [0.2, 0.25) is 11.8 Å². The molecule has 1 aromatic carbocycles. The highest BCUT2D eigenvalue weighted by molar-refractivity contribution is 5.85. The topological polar surface area (TPSA) is 40.6 Å². The molecule has 2 atom stereocenters. The Kier molecular flexibility index (Phi) is 3.66. The molecular formula is C20H26N2O2. The van der Waals surface area contributed by atoms with Gasteiger partial charge in [0.15, 0.2) is 0 Å². The Bertz CT molecular complexity index is 676. The molecule has 2 aliphatic heterocycles. The van der Waals surface area contributed by atoms with Crippen LogP contribution in [0.5, 0.6) is 0 Å². The number of amides is 2. The SMILES string of the molecule is C[C@@H]1C[C@H]1C(=O)N1CCC2(CC1)Cc1ccccc1CN(C)C2=O. The summed E-state index contributed by atoms with van der Waals surface area (Å²) in [4.78, 5) is 29.5. The smallest absolute Gasteiger partial charge is 0.229 e. The number of hydrogen-bond donors (Lipinski definition) is 0. The van der Waals surface area contributed by atoms with Gasteiger partial charge in [-0.1, -0.05) is 31.2 Å². The summed E-state index contributed by atoms with van der Waals surface area (Å²) in [6.07, 6.45) is 3.43. The average Bonchev–Trinajstić information content (AvgIpc) is 3.33. The van der Waals surface area contributed by atoms with E-state index in [-0.39, 0.29) is 17.2 Å². The van der Waals surface area contributed by atoms with E-state index in [1.165, 1.54) is 11.1 Å². The number of piperidine rings is 1. The monoisotopic (exact) mass is 326 g/mol. The van der Waals surface area contributed by atoms with E-state index < -0.39 is 0 Å². The molecule has 0 radical (unpaired) electrons. The molecule has 4 heteroatoms. The second kappa shape index (κ2) is 5.61. The zero-order chi connectivity index (χ0) is 16.9. The highest BCUT2D eigenvalue weighted by Gasteiger charge is 2.48. The molecule has 0 N–H and O–H groups in total. The molecule has 0 unspecified atom stereocenters. The van der Waals surface area contributed by atoms with Gasteiger partial charge >= 0.3 is 0 Å². The van der Waals surface area contributed by atoms with Gasteiger partial charge in [0.25, 0.3) is 0 Å². The van der Waals surface area contributed by atoms with E-state index in [0.717, 1.165) is 38.8 Å². The third kappa shape index (κ3) is 2.52.